The van der Waals surface area contributed by atoms with Gasteiger partial charge in [0.05, 0.1) is 6.42 Å². The summed E-state index contributed by atoms with van der Waals surface area (Å²) in [6.45, 7) is 8.09. The van der Waals surface area contributed by atoms with Gasteiger partial charge in [0.25, 0.3) is 0 Å². The molecular formula is C17H26N2O2. The largest absolute Gasteiger partial charge is 0.481 e. The average Bonchev–Trinajstić information content (AvgIpc) is 2.69. The Morgan fingerprint density at radius 3 is 2.86 bits per heavy atom. The summed E-state index contributed by atoms with van der Waals surface area (Å²) in [6, 6.07) is 6.53. The molecule has 1 unspecified atom stereocenters. The first kappa shape index (κ1) is 16.0. The summed E-state index contributed by atoms with van der Waals surface area (Å²) in [5.74, 6) is -0.707. The lowest BCUT2D eigenvalue weighted by Gasteiger charge is -2.30. The predicted molar refractivity (Wildman–Crippen MR) is 84.7 cm³/mol. The highest BCUT2D eigenvalue weighted by Gasteiger charge is 2.23. The van der Waals surface area contributed by atoms with Crippen LogP contribution in [0.25, 0.3) is 0 Å². The van der Waals surface area contributed by atoms with Crippen LogP contribution in [0.1, 0.15) is 29.5 Å². The molecule has 1 aliphatic rings. The van der Waals surface area contributed by atoms with E-state index < -0.39 is 5.97 Å². The molecule has 0 bridgehead atoms. The average molecular weight is 290 g/mol. The van der Waals surface area contributed by atoms with Crippen molar-refractivity contribution in [1.82, 2.24) is 10.2 Å². The topological polar surface area (TPSA) is 52.6 Å². The summed E-state index contributed by atoms with van der Waals surface area (Å²) in [5, 5.41) is 12.6. The summed E-state index contributed by atoms with van der Waals surface area (Å²) < 4.78 is 0. The van der Waals surface area contributed by atoms with Gasteiger partial charge >= 0.3 is 5.97 Å². The van der Waals surface area contributed by atoms with E-state index in [9.17, 15) is 9.90 Å². The highest BCUT2D eigenvalue weighted by molar-refractivity contribution is 5.67. The van der Waals surface area contributed by atoms with Gasteiger partial charge in [-0.15, -0.1) is 0 Å². The van der Waals surface area contributed by atoms with Crippen LogP contribution in [0.15, 0.2) is 18.2 Å². The quantitative estimate of drug-likeness (QED) is 0.871. The van der Waals surface area contributed by atoms with Crippen LogP contribution in [0.3, 0.4) is 0 Å². The number of aliphatic carboxylic acids is 1. The van der Waals surface area contributed by atoms with Crippen LogP contribution in [0, 0.1) is 13.8 Å². The third kappa shape index (κ3) is 4.83. The fourth-order valence-corrected chi connectivity index (χ4v) is 3.09. The molecule has 0 aromatic heterocycles. The molecule has 1 heterocycles. The molecule has 2 N–H and O–H groups in total. The van der Waals surface area contributed by atoms with Crippen LogP contribution in [-0.2, 0) is 11.2 Å². The zero-order valence-corrected chi connectivity index (χ0v) is 13.1. The zero-order chi connectivity index (χ0) is 15.2. The number of nitrogens with zero attached hydrogens (tertiary/aromatic N) is 1. The number of rotatable bonds is 5. The minimum Gasteiger partial charge on any atom is -0.481 e. The Morgan fingerprint density at radius 1 is 1.33 bits per heavy atom. The predicted octanol–water partition coefficient (Wildman–Crippen LogP) is 1.98. The minimum absolute atomic E-state index is 0.0869. The number of carboxylic acid groups (broad SMARTS) is 1. The van der Waals surface area contributed by atoms with E-state index in [0.717, 1.165) is 39.0 Å². The van der Waals surface area contributed by atoms with Gasteiger partial charge in [-0.3, -0.25) is 9.69 Å². The van der Waals surface area contributed by atoms with E-state index in [4.69, 9.17) is 0 Å². The standard InChI is InChI=1S/C17H26N2O2/c1-13-4-5-15(14(2)10-13)11-16(12-17(20)21)19-8-3-6-18-7-9-19/h4-5,10,16,18H,3,6-9,11-12H2,1-2H3,(H,20,21). The van der Waals surface area contributed by atoms with Crippen molar-refractivity contribution in [3.63, 3.8) is 0 Å². The molecule has 0 aliphatic carbocycles. The Kier molecular flexibility index (Phi) is 5.76. The first-order valence-electron chi connectivity index (χ1n) is 7.79. The van der Waals surface area contributed by atoms with Crippen molar-refractivity contribution in [3.05, 3.63) is 34.9 Å². The fourth-order valence-electron chi connectivity index (χ4n) is 3.09. The first-order valence-corrected chi connectivity index (χ1v) is 7.79. The van der Waals surface area contributed by atoms with Gasteiger partial charge in [0, 0.05) is 19.1 Å². The summed E-state index contributed by atoms with van der Waals surface area (Å²) in [4.78, 5) is 13.6. The van der Waals surface area contributed by atoms with E-state index in [2.05, 4.69) is 42.3 Å². The summed E-state index contributed by atoms with van der Waals surface area (Å²) in [7, 11) is 0. The van der Waals surface area contributed by atoms with Crippen molar-refractivity contribution in [3.8, 4) is 0 Å². The van der Waals surface area contributed by atoms with Gasteiger partial charge in [0.15, 0.2) is 0 Å². The van der Waals surface area contributed by atoms with Crippen molar-refractivity contribution in [2.24, 2.45) is 0 Å². The maximum Gasteiger partial charge on any atom is 0.304 e. The molecule has 4 heteroatoms. The van der Waals surface area contributed by atoms with Gasteiger partial charge < -0.3 is 10.4 Å². The molecular weight excluding hydrogens is 264 g/mol. The summed E-state index contributed by atoms with van der Waals surface area (Å²) in [5.41, 5.74) is 3.78. The van der Waals surface area contributed by atoms with Crippen molar-refractivity contribution in [2.75, 3.05) is 26.2 Å². The Morgan fingerprint density at radius 2 is 2.14 bits per heavy atom. The number of hydrogen-bond acceptors (Lipinski definition) is 3. The van der Waals surface area contributed by atoms with Crippen molar-refractivity contribution >= 4 is 5.97 Å². The number of carboxylic acids is 1. The van der Waals surface area contributed by atoms with Crippen LogP contribution >= 0.6 is 0 Å². The smallest absolute Gasteiger partial charge is 0.304 e. The molecule has 1 aromatic rings. The highest BCUT2D eigenvalue weighted by Crippen LogP contribution is 2.18. The maximum atomic E-state index is 11.2. The first-order chi connectivity index (χ1) is 10.1. The van der Waals surface area contributed by atoms with Gasteiger partial charge in [-0.05, 0) is 50.9 Å². The second-order valence-corrected chi connectivity index (χ2v) is 6.03. The number of carbonyl (C=O) groups is 1. The number of nitrogens with one attached hydrogen (secondary N) is 1. The van der Waals surface area contributed by atoms with Crippen LogP contribution < -0.4 is 5.32 Å². The normalized spacial score (nSPS) is 18.2. The summed E-state index contributed by atoms with van der Waals surface area (Å²) >= 11 is 0. The fraction of sp³-hybridized carbons (Fsp3) is 0.588. The van der Waals surface area contributed by atoms with Gasteiger partial charge in [-0.25, -0.2) is 0 Å². The lowest BCUT2D eigenvalue weighted by atomic mass is 9.96. The molecule has 116 valence electrons. The number of hydrogen-bond donors (Lipinski definition) is 2. The molecule has 0 saturated carbocycles. The lowest BCUT2D eigenvalue weighted by Crippen LogP contribution is -2.40. The number of aryl methyl sites for hydroxylation is 2. The van der Waals surface area contributed by atoms with Gasteiger partial charge in [-0.2, -0.15) is 0 Å². The van der Waals surface area contributed by atoms with Crippen LogP contribution in [-0.4, -0.2) is 48.2 Å². The van der Waals surface area contributed by atoms with Crippen LogP contribution in [0.5, 0.6) is 0 Å². The van der Waals surface area contributed by atoms with Crippen molar-refractivity contribution in [1.29, 1.82) is 0 Å². The monoisotopic (exact) mass is 290 g/mol. The molecule has 0 spiro atoms. The van der Waals surface area contributed by atoms with E-state index in [-0.39, 0.29) is 12.5 Å². The van der Waals surface area contributed by atoms with E-state index in [1.54, 1.807) is 0 Å². The van der Waals surface area contributed by atoms with Crippen LogP contribution in [0.4, 0.5) is 0 Å². The lowest BCUT2D eigenvalue weighted by molar-refractivity contribution is -0.138. The van der Waals surface area contributed by atoms with Crippen LogP contribution in [0.2, 0.25) is 0 Å². The Hall–Kier alpha value is -1.39. The Labute approximate surface area is 127 Å². The van der Waals surface area contributed by atoms with Gasteiger partial charge in [0.1, 0.15) is 0 Å². The van der Waals surface area contributed by atoms with E-state index in [1.165, 1.54) is 16.7 Å². The maximum absolute atomic E-state index is 11.2. The van der Waals surface area contributed by atoms with Crippen molar-refractivity contribution in [2.45, 2.75) is 39.2 Å². The third-order valence-electron chi connectivity index (χ3n) is 4.25. The van der Waals surface area contributed by atoms with E-state index in [0.29, 0.717) is 0 Å². The second-order valence-electron chi connectivity index (χ2n) is 6.03. The summed E-state index contributed by atoms with van der Waals surface area (Å²) in [6.07, 6.45) is 2.12. The van der Waals surface area contributed by atoms with Gasteiger partial charge in [0.2, 0.25) is 0 Å². The van der Waals surface area contributed by atoms with Gasteiger partial charge in [-0.1, -0.05) is 23.8 Å². The molecule has 1 aromatic carbocycles. The Balaban J connectivity index is 2.12. The molecule has 1 aliphatic heterocycles. The SMILES string of the molecule is Cc1ccc(CC(CC(=O)O)N2CCCNCC2)c(C)c1. The highest BCUT2D eigenvalue weighted by atomic mass is 16.4. The molecule has 4 nitrogen and oxygen atoms in total. The van der Waals surface area contributed by atoms with E-state index >= 15 is 0 Å². The molecule has 21 heavy (non-hydrogen) atoms. The Bertz CT molecular complexity index is 480. The molecule has 1 atom stereocenters. The molecule has 1 fully saturated rings. The minimum atomic E-state index is -0.707. The van der Waals surface area contributed by atoms with E-state index in [1.807, 2.05) is 0 Å². The second kappa shape index (κ2) is 7.57. The molecule has 1 saturated heterocycles. The molecule has 0 amide bonds. The van der Waals surface area contributed by atoms with Crippen molar-refractivity contribution < 1.29 is 9.90 Å². The zero-order valence-electron chi connectivity index (χ0n) is 13.1. The number of benzene rings is 1. The third-order valence-corrected chi connectivity index (χ3v) is 4.25. The molecule has 0 radical (unpaired) electrons. The molecule has 2 rings (SSSR count).